The van der Waals surface area contributed by atoms with Gasteiger partial charge < -0.3 is 14.2 Å². The van der Waals surface area contributed by atoms with Gasteiger partial charge in [0.25, 0.3) is 5.91 Å². The molecule has 0 radical (unpaired) electrons. The van der Waals surface area contributed by atoms with E-state index in [0.717, 1.165) is 48.5 Å². The van der Waals surface area contributed by atoms with Gasteiger partial charge in [-0.2, -0.15) is 5.10 Å². The molecule has 5 rings (SSSR count). The number of likely N-dealkylation sites (tertiary alicyclic amines) is 1. The topological polar surface area (TPSA) is 63.6 Å². The summed E-state index contributed by atoms with van der Waals surface area (Å²) in [6.45, 7) is 3.22. The zero-order valence-electron chi connectivity index (χ0n) is 18.4. The van der Waals surface area contributed by atoms with E-state index < -0.39 is 5.79 Å². The number of piperidine rings is 1. The first-order valence-electron chi connectivity index (χ1n) is 11.2. The van der Waals surface area contributed by atoms with Crippen LogP contribution in [0.1, 0.15) is 36.4 Å². The quantitative estimate of drug-likeness (QED) is 0.722. The van der Waals surface area contributed by atoms with Gasteiger partial charge in [-0.15, -0.1) is 0 Å². The Morgan fingerprint density at radius 2 is 1.75 bits per heavy atom. The van der Waals surface area contributed by atoms with E-state index in [9.17, 15) is 4.79 Å². The lowest BCUT2D eigenvalue weighted by atomic mass is 9.98. The van der Waals surface area contributed by atoms with Crippen LogP contribution >= 0.6 is 0 Å². The number of carbonyl (C=O) groups excluding carboxylic acids is 1. The maximum Gasteiger partial charge on any atom is 0.257 e. The minimum atomic E-state index is -0.433. The summed E-state index contributed by atoms with van der Waals surface area (Å²) in [6, 6.07) is 17.9. The number of methoxy groups -OCH3 is 1. The molecule has 2 aromatic carbocycles. The molecule has 0 aliphatic carbocycles. The molecule has 1 atom stereocenters. The van der Waals surface area contributed by atoms with Crippen LogP contribution in [0.2, 0.25) is 0 Å². The summed E-state index contributed by atoms with van der Waals surface area (Å²) in [5.41, 5.74) is 3.04. The number of amides is 1. The fourth-order valence-corrected chi connectivity index (χ4v) is 4.73. The van der Waals surface area contributed by atoms with Crippen LogP contribution in [0, 0.1) is 0 Å². The first-order chi connectivity index (χ1) is 15.7. The van der Waals surface area contributed by atoms with E-state index in [2.05, 4.69) is 4.90 Å². The number of hydrazone groups is 1. The van der Waals surface area contributed by atoms with Gasteiger partial charge in [0.2, 0.25) is 0 Å². The molecule has 1 spiro atoms. The first-order valence-corrected chi connectivity index (χ1v) is 11.2. The highest BCUT2D eigenvalue weighted by molar-refractivity contribution is 6.03. The lowest BCUT2D eigenvalue weighted by molar-refractivity contribution is -0.186. The van der Waals surface area contributed by atoms with Crippen molar-refractivity contribution in [1.82, 2.24) is 9.91 Å². The Bertz CT molecular complexity index is 960. The number of carbonyl (C=O) groups is 1. The van der Waals surface area contributed by atoms with Crippen molar-refractivity contribution < 1.29 is 19.0 Å². The molecule has 7 nitrogen and oxygen atoms in total. The summed E-state index contributed by atoms with van der Waals surface area (Å²) in [4.78, 5) is 15.6. The van der Waals surface area contributed by atoms with Gasteiger partial charge >= 0.3 is 0 Å². The molecular formula is C25H29N3O4. The zero-order valence-corrected chi connectivity index (χ0v) is 18.4. The van der Waals surface area contributed by atoms with Gasteiger partial charge in [0, 0.05) is 32.4 Å². The second-order valence-corrected chi connectivity index (χ2v) is 8.53. The third-order valence-electron chi connectivity index (χ3n) is 6.56. The number of rotatable bonds is 5. The molecule has 1 amide bonds. The van der Waals surface area contributed by atoms with Crippen molar-refractivity contribution in [3.05, 3.63) is 65.7 Å². The molecule has 0 N–H and O–H groups in total. The van der Waals surface area contributed by atoms with Gasteiger partial charge in [-0.25, -0.2) is 5.01 Å². The molecule has 2 fully saturated rings. The summed E-state index contributed by atoms with van der Waals surface area (Å²) in [5.74, 6) is 0.380. The summed E-state index contributed by atoms with van der Waals surface area (Å²) in [5, 5.41) is 6.47. The molecular weight excluding hydrogens is 406 g/mol. The van der Waals surface area contributed by atoms with E-state index in [1.807, 2.05) is 54.6 Å². The maximum absolute atomic E-state index is 13.4. The van der Waals surface area contributed by atoms with Crippen LogP contribution in [0.5, 0.6) is 5.75 Å². The van der Waals surface area contributed by atoms with Crippen molar-refractivity contribution in [2.24, 2.45) is 5.10 Å². The Hall–Kier alpha value is -2.74. The number of ether oxygens (including phenoxy) is 3. The van der Waals surface area contributed by atoms with E-state index >= 15 is 0 Å². The molecule has 3 heterocycles. The normalized spacial score (nSPS) is 22.8. The predicted octanol–water partition coefficient (Wildman–Crippen LogP) is 3.21. The lowest BCUT2D eigenvalue weighted by Gasteiger charge is -2.37. The number of hydrogen-bond acceptors (Lipinski definition) is 6. The summed E-state index contributed by atoms with van der Waals surface area (Å²) in [7, 11) is 1.65. The Morgan fingerprint density at radius 1 is 1.06 bits per heavy atom. The van der Waals surface area contributed by atoms with Crippen molar-refractivity contribution in [2.45, 2.75) is 31.1 Å². The molecule has 0 unspecified atom stereocenters. The molecule has 3 aliphatic rings. The molecule has 0 aromatic heterocycles. The minimum Gasteiger partial charge on any atom is -0.497 e. The van der Waals surface area contributed by atoms with E-state index in [4.69, 9.17) is 19.3 Å². The van der Waals surface area contributed by atoms with Crippen molar-refractivity contribution in [2.75, 3.05) is 40.0 Å². The molecule has 2 saturated heterocycles. The number of hydrogen-bond donors (Lipinski definition) is 0. The Labute approximate surface area is 188 Å². The molecule has 7 heteroatoms. The van der Waals surface area contributed by atoms with Crippen LogP contribution in [0.3, 0.4) is 0 Å². The van der Waals surface area contributed by atoms with E-state index in [1.165, 1.54) is 0 Å². The smallest absolute Gasteiger partial charge is 0.257 e. The van der Waals surface area contributed by atoms with Gasteiger partial charge in [0.1, 0.15) is 5.75 Å². The largest absolute Gasteiger partial charge is 0.497 e. The fourth-order valence-electron chi connectivity index (χ4n) is 4.73. The van der Waals surface area contributed by atoms with E-state index in [-0.39, 0.29) is 11.9 Å². The van der Waals surface area contributed by atoms with Crippen LogP contribution in [-0.2, 0) is 14.3 Å². The summed E-state index contributed by atoms with van der Waals surface area (Å²) in [6.07, 6.45) is 2.27. The fraction of sp³-hybridized carbons (Fsp3) is 0.440. The standard InChI is InChI=1S/C25H29N3O4/c1-30-21-9-7-20(8-10-21)23-17-22(19-5-3-2-4-6-19)26-28(23)24(29)18-27-13-11-25(12-14-27)31-15-16-32-25/h2-10,23H,11-18H2,1H3/t23-/m1/s1. The van der Waals surface area contributed by atoms with Crippen LogP contribution in [-0.4, -0.2) is 67.3 Å². The Kier molecular flexibility index (Phi) is 5.95. The van der Waals surface area contributed by atoms with Gasteiger partial charge in [-0.3, -0.25) is 9.69 Å². The molecule has 0 bridgehead atoms. The zero-order chi connectivity index (χ0) is 22.0. The van der Waals surface area contributed by atoms with Crippen molar-refractivity contribution in [3.8, 4) is 5.75 Å². The monoisotopic (exact) mass is 435 g/mol. The van der Waals surface area contributed by atoms with Crippen molar-refractivity contribution in [3.63, 3.8) is 0 Å². The summed E-state index contributed by atoms with van der Waals surface area (Å²) < 4.78 is 16.9. The van der Waals surface area contributed by atoms with Crippen LogP contribution in [0.15, 0.2) is 59.7 Å². The Morgan fingerprint density at radius 3 is 2.41 bits per heavy atom. The molecule has 2 aromatic rings. The highest BCUT2D eigenvalue weighted by Crippen LogP contribution is 2.35. The average Bonchev–Trinajstić information content (AvgIpc) is 3.49. The van der Waals surface area contributed by atoms with Crippen LogP contribution in [0.4, 0.5) is 0 Å². The van der Waals surface area contributed by atoms with Gasteiger partial charge in [-0.1, -0.05) is 42.5 Å². The maximum atomic E-state index is 13.4. The third-order valence-corrected chi connectivity index (χ3v) is 6.56. The third kappa shape index (κ3) is 4.28. The van der Waals surface area contributed by atoms with Crippen molar-refractivity contribution >= 4 is 11.6 Å². The highest BCUT2D eigenvalue weighted by atomic mass is 16.7. The van der Waals surface area contributed by atoms with Crippen LogP contribution < -0.4 is 4.74 Å². The van der Waals surface area contributed by atoms with E-state index in [0.29, 0.717) is 26.2 Å². The number of benzene rings is 2. The SMILES string of the molecule is COc1ccc([C@H]2CC(c3ccccc3)=NN2C(=O)CN2CCC3(CC2)OCCO3)cc1. The van der Waals surface area contributed by atoms with Crippen LogP contribution in [0.25, 0.3) is 0 Å². The summed E-state index contributed by atoms with van der Waals surface area (Å²) >= 11 is 0. The lowest BCUT2D eigenvalue weighted by Crippen LogP contribution is -2.48. The molecule has 168 valence electrons. The first kappa shape index (κ1) is 21.1. The van der Waals surface area contributed by atoms with Gasteiger partial charge in [0.15, 0.2) is 5.79 Å². The minimum absolute atomic E-state index is 0.0148. The molecule has 0 saturated carbocycles. The predicted molar refractivity (Wildman–Crippen MR) is 120 cm³/mol. The number of nitrogens with zero attached hydrogens (tertiary/aromatic N) is 3. The molecule has 32 heavy (non-hydrogen) atoms. The second-order valence-electron chi connectivity index (χ2n) is 8.53. The van der Waals surface area contributed by atoms with E-state index in [1.54, 1.807) is 12.1 Å². The highest BCUT2D eigenvalue weighted by Gasteiger charge is 2.41. The Balaban J connectivity index is 1.32. The average molecular weight is 436 g/mol. The molecule has 3 aliphatic heterocycles. The van der Waals surface area contributed by atoms with Gasteiger partial charge in [0.05, 0.1) is 38.6 Å². The van der Waals surface area contributed by atoms with Crippen molar-refractivity contribution in [1.29, 1.82) is 0 Å². The second kappa shape index (κ2) is 9.02. The van der Waals surface area contributed by atoms with Gasteiger partial charge in [-0.05, 0) is 23.3 Å².